The highest BCUT2D eigenvalue weighted by Gasteiger charge is 1.93. The Labute approximate surface area is 126 Å². The number of unbranched alkanes of at least 4 members (excludes halogenated alkanes) is 2. The van der Waals surface area contributed by atoms with Crippen LogP contribution in [0.15, 0.2) is 54.6 Å². The van der Waals surface area contributed by atoms with Gasteiger partial charge in [-0.2, -0.15) is 0 Å². The number of para-hydroxylation sites is 1. The summed E-state index contributed by atoms with van der Waals surface area (Å²) in [5, 5.41) is 7.61. The van der Waals surface area contributed by atoms with Crippen molar-refractivity contribution in [2.24, 2.45) is 0 Å². The SMILES string of the molecule is Clc1ccc(NCCCCCNc2ccccc2)cc1. The molecule has 0 spiro atoms. The van der Waals surface area contributed by atoms with Crippen LogP contribution >= 0.6 is 11.6 Å². The van der Waals surface area contributed by atoms with Crippen LogP contribution in [0.1, 0.15) is 19.3 Å². The van der Waals surface area contributed by atoms with Gasteiger partial charge in [-0.05, 0) is 55.7 Å². The van der Waals surface area contributed by atoms with E-state index < -0.39 is 0 Å². The van der Waals surface area contributed by atoms with Crippen molar-refractivity contribution >= 4 is 23.0 Å². The molecule has 0 saturated carbocycles. The molecule has 2 rings (SSSR count). The summed E-state index contributed by atoms with van der Waals surface area (Å²) in [6, 6.07) is 18.2. The predicted octanol–water partition coefficient (Wildman–Crippen LogP) is 5.03. The van der Waals surface area contributed by atoms with Crippen LogP contribution in [0.25, 0.3) is 0 Å². The molecule has 0 amide bonds. The van der Waals surface area contributed by atoms with Gasteiger partial charge in [0.2, 0.25) is 0 Å². The fourth-order valence-electron chi connectivity index (χ4n) is 2.02. The number of rotatable bonds is 8. The molecular weight excluding hydrogens is 268 g/mol. The van der Waals surface area contributed by atoms with Crippen molar-refractivity contribution in [3.63, 3.8) is 0 Å². The smallest absolute Gasteiger partial charge is 0.0407 e. The Morgan fingerprint density at radius 3 is 1.80 bits per heavy atom. The van der Waals surface area contributed by atoms with Crippen LogP contribution in [0.4, 0.5) is 11.4 Å². The summed E-state index contributed by atoms with van der Waals surface area (Å²) in [7, 11) is 0. The van der Waals surface area contributed by atoms with Gasteiger partial charge in [-0.15, -0.1) is 0 Å². The Balaban J connectivity index is 1.51. The first-order chi connectivity index (χ1) is 9.84. The molecule has 0 aliphatic heterocycles. The monoisotopic (exact) mass is 288 g/mol. The minimum atomic E-state index is 0.780. The van der Waals surface area contributed by atoms with Crippen molar-refractivity contribution in [1.29, 1.82) is 0 Å². The molecule has 2 aromatic carbocycles. The normalized spacial score (nSPS) is 10.2. The van der Waals surface area contributed by atoms with Gasteiger partial charge in [-0.25, -0.2) is 0 Å². The molecule has 0 atom stereocenters. The molecule has 0 saturated heterocycles. The van der Waals surface area contributed by atoms with Crippen LogP contribution in [0.3, 0.4) is 0 Å². The molecule has 0 fully saturated rings. The molecule has 0 radical (unpaired) electrons. The van der Waals surface area contributed by atoms with Crippen molar-refractivity contribution < 1.29 is 0 Å². The number of hydrogen-bond acceptors (Lipinski definition) is 2. The first-order valence-electron chi connectivity index (χ1n) is 7.13. The number of nitrogens with one attached hydrogen (secondary N) is 2. The number of anilines is 2. The second-order valence-electron chi connectivity index (χ2n) is 4.79. The average Bonchev–Trinajstić information content (AvgIpc) is 2.49. The Morgan fingerprint density at radius 1 is 0.650 bits per heavy atom. The summed E-state index contributed by atoms with van der Waals surface area (Å²) >= 11 is 5.85. The summed E-state index contributed by atoms with van der Waals surface area (Å²) in [6.07, 6.45) is 3.59. The van der Waals surface area contributed by atoms with Crippen LogP contribution in [0.2, 0.25) is 5.02 Å². The summed E-state index contributed by atoms with van der Waals surface area (Å²) in [5.74, 6) is 0. The average molecular weight is 289 g/mol. The topological polar surface area (TPSA) is 24.1 Å². The predicted molar refractivity (Wildman–Crippen MR) is 88.7 cm³/mol. The molecule has 2 N–H and O–H groups in total. The molecule has 106 valence electrons. The number of halogens is 1. The lowest BCUT2D eigenvalue weighted by Crippen LogP contribution is -2.04. The van der Waals surface area contributed by atoms with Gasteiger partial charge in [0.1, 0.15) is 0 Å². The Bertz CT molecular complexity index is 482. The first-order valence-corrected chi connectivity index (χ1v) is 7.51. The summed E-state index contributed by atoms with van der Waals surface area (Å²) < 4.78 is 0. The van der Waals surface area contributed by atoms with E-state index in [1.54, 1.807) is 0 Å². The third-order valence-electron chi connectivity index (χ3n) is 3.13. The summed E-state index contributed by atoms with van der Waals surface area (Å²) in [4.78, 5) is 0. The van der Waals surface area contributed by atoms with Gasteiger partial charge in [-0.3, -0.25) is 0 Å². The maximum absolute atomic E-state index is 5.85. The van der Waals surface area contributed by atoms with E-state index in [9.17, 15) is 0 Å². The Kier molecular flexibility index (Phi) is 6.25. The van der Waals surface area contributed by atoms with E-state index >= 15 is 0 Å². The quantitative estimate of drug-likeness (QED) is 0.665. The van der Waals surface area contributed by atoms with Crippen molar-refractivity contribution in [3.05, 3.63) is 59.6 Å². The van der Waals surface area contributed by atoms with Gasteiger partial charge in [0, 0.05) is 29.5 Å². The molecule has 0 aliphatic carbocycles. The molecular formula is C17H21ClN2. The van der Waals surface area contributed by atoms with Crippen LogP contribution < -0.4 is 10.6 Å². The van der Waals surface area contributed by atoms with E-state index in [1.807, 2.05) is 30.3 Å². The van der Waals surface area contributed by atoms with Gasteiger partial charge in [0.25, 0.3) is 0 Å². The van der Waals surface area contributed by atoms with Gasteiger partial charge in [0.15, 0.2) is 0 Å². The highest BCUT2D eigenvalue weighted by atomic mass is 35.5. The standard InChI is InChI=1S/C17H21ClN2/c18-15-9-11-17(12-10-15)20-14-6-2-5-13-19-16-7-3-1-4-8-16/h1,3-4,7-12,19-20H,2,5-6,13-14H2. The van der Waals surface area contributed by atoms with Crippen molar-refractivity contribution in [2.75, 3.05) is 23.7 Å². The van der Waals surface area contributed by atoms with Crippen molar-refractivity contribution in [3.8, 4) is 0 Å². The zero-order valence-corrected chi connectivity index (χ0v) is 12.4. The molecule has 0 heterocycles. The molecule has 0 unspecified atom stereocenters. The molecule has 0 aliphatic rings. The van der Waals surface area contributed by atoms with Gasteiger partial charge >= 0.3 is 0 Å². The Morgan fingerprint density at radius 2 is 1.20 bits per heavy atom. The lowest BCUT2D eigenvalue weighted by molar-refractivity contribution is 0.721. The van der Waals surface area contributed by atoms with Gasteiger partial charge in [-0.1, -0.05) is 29.8 Å². The Hall–Kier alpha value is -1.67. The lowest BCUT2D eigenvalue weighted by atomic mass is 10.2. The third-order valence-corrected chi connectivity index (χ3v) is 3.38. The summed E-state index contributed by atoms with van der Waals surface area (Å²) in [6.45, 7) is 2.04. The fourth-order valence-corrected chi connectivity index (χ4v) is 2.14. The molecule has 3 heteroatoms. The summed E-state index contributed by atoms with van der Waals surface area (Å²) in [5.41, 5.74) is 2.34. The fraction of sp³-hybridized carbons (Fsp3) is 0.294. The highest BCUT2D eigenvalue weighted by molar-refractivity contribution is 6.30. The van der Waals surface area contributed by atoms with Crippen molar-refractivity contribution in [1.82, 2.24) is 0 Å². The zero-order chi connectivity index (χ0) is 14.0. The van der Waals surface area contributed by atoms with E-state index in [1.165, 1.54) is 24.9 Å². The zero-order valence-electron chi connectivity index (χ0n) is 11.6. The van der Waals surface area contributed by atoms with Crippen molar-refractivity contribution in [2.45, 2.75) is 19.3 Å². The second kappa shape index (κ2) is 8.49. The van der Waals surface area contributed by atoms with Gasteiger partial charge < -0.3 is 10.6 Å². The van der Waals surface area contributed by atoms with E-state index in [0.29, 0.717) is 0 Å². The van der Waals surface area contributed by atoms with E-state index in [-0.39, 0.29) is 0 Å². The molecule has 20 heavy (non-hydrogen) atoms. The lowest BCUT2D eigenvalue weighted by Gasteiger charge is -2.07. The highest BCUT2D eigenvalue weighted by Crippen LogP contribution is 2.13. The second-order valence-corrected chi connectivity index (χ2v) is 5.22. The van der Waals surface area contributed by atoms with Gasteiger partial charge in [0.05, 0.1) is 0 Å². The molecule has 0 aromatic heterocycles. The molecule has 0 bridgehead atoms. The maximum Gasteiger partial charge on any atom is 0.0407 e. The van der Waals surface area contributed by atoms with E-state index in [2.05, 4.69) is 34.9 Å². The molecule has 2 nitrogen and oxygen atoms in total. The number of hydrogen-bond donors (Lipinski definition) is 2. The van der Waals surface area contributed by atoms with Crippen LogP contribution in [-0.4, -0.2) is 13.1 Å². The molecule has 2 aromatic rings. The maximum atomic E-state index is 5.85. The minimum Gasteiger partial charge on any atom is -0.385 e. The first kappa shape index (κ1) is 14.7. The van der Waals surface area contributed by atoms with Crippen LogP contribution in [-0.2, 0) is 0 Å². The minimum absolute atomic E-state index is 0.780. The van der Waals surface area contributed by atoms with Crippen LogP contribution in [0, 0.1) is 0 Å². The van der Waals surface area contributed by atoms with E-state index in [4.69, 9.17) is 11.6 Å². The third kappa shape index (κ3) is 5.54. The van der Waals surface area contributed by atoms with E-state index in [0.717, 1.165) is 23.8 Å². The van der Waals surface area contributed by atoms with Crippen LogP contribution in [0.5, 0.6) is 0 Å². The number of benzene rings is 2. The largest absolute Gasteiger partial charge is 0.385 e.